The van der Waals surface area contributed by atoms with Gasteiger partial charge in [-0.05, 0) is 62.6 Å². The first-order valence-corrected chi connectivity index (χ1v) is 13.0. The van der Waals surface area contributed by atoms with E-state index < -0.39 is 21.8 Å². The Morgan fingerprint density at radius 1 is 1.20 bits per heavy atom. The highest BCUT2D eigenvalue weighted by molar-refractivity contribution is 7.89. The van der Waals surface area contributed by atoms with Crippen LogP contribution in [0.2, 0.25) is 5.02 Å². The molecule has 0 spiro atoms. The second kappa shape index (κ2) is 10.3. The largest absolute Gasteiger partial charge is 0.355 e. The number of carbonyl (C=O) groups excluding carboxylic acids is 1. The van der Waals surface area contributed by atoms with E-state index >= 15 is 0 Å². The van der Waals surface area contributed by atoms with Crippen LogP contribution in [0.25, 0.3) is 12.2 Å². The lowest BCUT2D eigenvalue weighted by molar-refractivity contribution is -0.120. The van der Waals surface area contributed by atoms with E-state index in [1.165, 1.54) is 29.4 Å². The van der Waals surface area contributed by atoms with Gasteiger partial charge < -0.3 is 9.84 Å². The molecule has 1 unspecified atom stereocenters. The van der Waals surface area contributed by atoms with Crippen LogP contribution in [0, 0.1) is 25.6 Å². The minimum Gasteiger partial charge on any atom is -0.355 e. The summed E-state index contributed by atoms with van der Waals surface area (Å²) in [5.41, 5.74) is 1.82. The fourth-order valence-corrected chi connectivity index (χ4v) is 6.00. The summed E-state index contributed by atoms with van der Waals surface area (Å²) in [6.45, 7) is 3.63. The van der Waals surface area contributed by atoms with E-state index in [1.807, 2.05) is 0 Å². The highest BCUT2D eigenvalue weighted by atomic mass is 35.5. The SMILES string of the molecule is Cc1noc(C=Cc2ccccc2F)c1S(=O)(=O)N1CCCC(C(=O)Nc2cccc(Cl)c2C)C1. The van der Waals surface area contributed by atoms with E-state index in [1.54, 1.807) is 43.3 Å². The Kier molecular flexibility index (Phi) is 7.39. The fourth-order valence-electron chi connectivity index (χ4n) is 4.06. The molecule has 1 aliphatic heterocycles. The number of nitrogens with one attached hydrogen (secondary N) is 1. The zero-order valence-corrected chi connectivity index (χ0v) is 20.9. The van der Waals surface area contributed by atoms with Gasteiger partial charge in [-0.2, -0.15) is 4.31 Å². The molecule has 2 heterocycles. The van der Waals surface area contributed by atoms with Gasteiger partial charge in [-0.1, -0.05) is 41.0 Å². The average molecular weight is 518 g/mol. The molecule has 35 heavy (non-hydrogen) atoms. The maximum Gasteiger partial charge on any atom is 0.248 e. The van der Waals surface area contributed by atoms with Gasteiger partial charge in [0.15, 0.2) is 10.7 Å². The molecular weight excluding hydrogens is 493 g/mol. The molecule has 0 radical (unpaired) electrons. The number of hydrogen-bond donors (Lipinski definition) is 1. The Hall–Kier alpha value is -3.01. The second-order valence-corrected chi connectivity index (χ2v) is 10.7. The number of hydrogen-bond acceptors (Lipinski definition) is 5. The summed E-state index contributed by atoms with van der Waals surface area (Å²) < 4.78 is 47.6. The first kappa shape index (κ1) is 25.1. The molecule has 1 aromatic heterocycles. The van der Waals surface area contributed by atoms with Crippen molar-refractivity contribution in [2.75, 3.05) is 18.4 Å². The Morgan fingerprint density at radius 3 is 2.74 bits per heavy atom. The third kappa shape index (κ3) is 5.32. The highest BCUT2D eigenvalue weighted by Gasteiger charge is 2.37. The second-order valence-electron chi connectivity index (χ2n) is 8.42. The summed E-state index contributed by atoms with van der Waals surface area (Å²) in [6.07, 6.45) is 3.91. The summed E-state index contributed by atoms with van der Waals surface area (Å²) in [5.74, 6) is -1.23. The van der Waals surface area contributed by atoms with Crippen molar-refractivity contribution in [3.63, 3.8) is 0 Å². The predicted octanol–water partition coefficient (Wildman–Crippen LogP) is 5.29. The molecule has 4 rings (SSSR count). The van der Waals surface area contributed by atoms with Crippen LogP contribution in [0.3, 0.4) is 0 Å². The van der Waals surface area contributed by atoms with Crippen LogP contribution in [0.15, 0.2) is 51.9 Å². The Balaban J connectivity index is 1.55. The molecule has 0 saturated carbocycles. The lowest BCUT2D eigenvalue weighted by Crippen LogP contribution is -2.44. The van der Waals surface area contributed by atoms with E-state index in [9.17, 15) is 17.6 Å². The molecule has 1 aliphatic rings. The highest BCUT2D eigenvalue weighted by Crippen LogP contribution is 2.30. The molecule has 7 nitrogen and oxygen atoms in total. The molecule has 0 aliphatic carbocycles. The molecule has 1 amide bonds. The minimum atomic E-state index is -4.02. The van der Waals surface area contributed by atoms with Crippen molar-refractivity contribution in [3.8, 4) is 0 Å². The summed E-state index contributed by atoms with van der Waals surface area (Å²) in [5, 5.41) is 7.23. The van der Waals surface area contributed by atoms with Crippen LogP contribution in [0.4, 0.5) is 10.1 Å². The number of anilines is 1. The van der Waals surface area contributed by atoms with Crippen molar-refractivity contribution >= 4 is 45.4 Å². The smallest absolute Gasteiger partial charge is 0.248 e. The third-order valence-electron chi connectivity index (χ3n) is 6.03. The summed E-state index contributed by atoms with van der Waals surface area (Å²) in [6, 6.07) is 11.4. The molecule has 1 saturated heterocycles. The first-order chi connectivity index (χ1) is 16.7. The molecule has 1 fully saturated rings. The maximum absolute atomic E-state index is 14.0. The molecule has 184 valence electrons. The standard InChI is InChI=1S/C25H25ClFN3O4S/c1-16-20(26)9-5-11-22(16)28-25(31)19-8-6-14-30(15-19)35(32,33)24-17(2)29-34-23(24)13-12-18-7-3-4-10-21(18)27/h3-5,7,9-13,19H,6,8,14-15H2,1-2H3,(H,28,31). The van der Waals surface area contributed by atoms with Gasteiger partial charge in [0.1, 0.15) is 11.5 Å². The number of aromatic nitrogens is 1. The van der Waals surface area contributed by atoms with Gasteiger partial charge in [-0.15, -0.1) is 0 Å². The molecule has 1 N–H and O–H groups in total. The van der Waals surface area contributed by atoms with Crippen molar-refractivity contribution in [1.82, 2.24) is 9.46 Å². The number of piperidine rings is 1. The van der Waals surface area contributed by atoms with E-state index in [0.29, 0.717) is 23.6 Å². The molecule has 2 aromatic carbocycles. The van der Waals surface area contributed by atoms with Crippen molar-refractivity contribution in [2.24, 2.45) is 5.92 Å². The summed E-state index contributed by atoms with van der Waals surface area (Å²) in [7, 11) is -4.02. The number of aryl methyl sites for hydroxylation is 1. The van der Waals surface area contributed by atoms with Gasteiger partial charge in [0.25, 0.3) is 0 Å². The van der Waals surface area contributed by atoms with Crippen LogP contribution in [-0.2, 0) is 14.8 Å². The zero-order valence-electron chi connectivity index (χ0n) is 19.3. The minimum absolute atomic E-state index is 0.00637. The lowest BCUT2D eigenvalue weighted by Gasteiger charge is -2.31. The van der Waals surface area contributed by atoms with Crippen molar-refractivity contribution in [3.05, 3.63) is 75.9 Å². The van der Waals surface area contributed by atoms with Crippen molar-refractivity contribution in [2.45, 2.75) is 31.6 Å². The number of halogens is 2. The van der Waals surface area contributed by atoms with Crippen LogP contribution in [0.5, 0.6) is 0 Å². The number of rotatable bonds is 6. The maximum atomic E-state index is 14.0. The molecule has 0 bridgehead atoms. The van der Waals surface area contributed by atoms with Crippen molar-refractivity contribution < 1.29 is 22.1 Å². The van der Waals surface area contributed by atoms with Gasteiger partial charge in [0.05, 0.1) is 5.92 Å². The Labute approximate surface area is 208 Å². The van der Waals surface area contributed by atoms with Crippen LogP contribution in [0.1, 0.15) is 35.4 Å². The quantitative estimate of drug-likeness (QED) is 0.479. The fraction of sp³-hybridized carbons (Fsp3) is 0.280. The normalized spacial score (nSPS) is 17.1. The van der Waals surface area contributed by atoms with Gasteiger partial charge in [-0.25, -0.2) is 12.8 Å². The number of nitrogens with zero attached hydrogens (tertiary/aromatic N) is 2. The number of carbonyl (C=O) groups is 1. The zero-order chi connectivity index (χ0) is 25.2. The van der Waals surface area contributed by atoms with E-state index in [0.717, 1.165) is 5.56 Å². The van der Waals surface area contributed by atoms with Gasteiger partial charge >= 0.3 is 0 Å². The van der Waals surface area contributed by atoms with Gasteiger partial charge in [0, 0.05) is 29.4 Å². The first-order valence-electron chi connectivity index (χ1n) is 11.1. The molecule has 3 aromatic rings. The number of benzene rings is 2. The van der Waals surface area contributed by atoms with Crippen LogP contribution >= 0.6 is 11.6 Å². The topological polar surface area (TPSA) is 92.5 Å². The lowest BCUT2D eigenvalue weighted by atomic mass is 9.98. The molecule has 10 heteroatoms. The predicted molar refractivity (Wildman–Crippen MR) is 133 cm³/mol. The number of sulfonamides is 1. The summed E-state index contributed by atoms with van der Waals surface area (Å²) >= 11 is 6.15. The third-order valence-corrected chi connectivity index (χ3v) is 8.46. The van der Waals surface area contributed by atoms with Gasteiger partial charge in [-0.3, -0.25) is 4.79 Å². The van der Waals surface area contributed by atoms with Crippen LogP contribution in [-0.4, -0.2) is 36.9 Å². The number of amides is 1. The average Bonchev–Trinajstić information content (AvgIpc) is 3.22. The van der Waals surface area contributed by atoms with E-state index in [2.05, 4.69) is 10.5 Å². The van der Waals surface area contributed by atoms with Crippen molar-refractivity contribution in [1.29, 1.82) is 0 Å². The van der Waals surface area contributed by atoms with Crippen LogP contribution < -0.4 is 5.32 Å². The Morgan fingerprint density at radius 2 is 1.97 bits per heavy atom. The van der Waals surface area contributed by atoms with E-state index in [4.69, 9.17) is 16.1 Å². The van der Waals surface area contributed by atoms with E-state index in [-0.39, 0.29) is 40.9 Å². The van der Waals surface area contributed by atoms with Gasteiger partial charge in [0.2, 0.25) is 15.9 Å². The summed E-state index contributed by atoms with van der Waals surface area (Å²) in [4.78, 5) is 12.9. The Bertz CT molecular complexity index is 1390. The molecule has 1 atom stereocenters. The monoisotopic (exact) mass is 517 g/mol. The molecular formula is C25H25ClFN3O4S.